The lowest BCUT2D eigenvalue weighted by molar-refractivity contribution is 0.185. The SMILES string of the molecule is COc1ccc(C(CNC(=O)N2CCN(c3ccc(OC)cc3)CC2)N2CCCC2)cc1. The number of carbonyl (C=O) groups is 1. The van der Waals surface area contributed by atoms with Crippen LogP contribution < -0.4 is 19.7 Å². The first-order chi connectivity index (χ1) is 15.7. The Bertz CT molecular complexity index is 858. The van der Waals surface area contributed by atoms with Gasteiger partial charge in [-0.25, -0.2) is 4.79 Å². The molecule has 1 N–H and O–H groups in total. The number of urea groups is 1. The van der Waals surface area contributed by atoms with Gasteiger partial charge in [-0.2, -0.15) is 0 Å². The van der Waals surface area contributed by atoms with E-state index in [0.29, 0.717) is 6.54 Å². The lowest BCUT2D eigenvalue weighted by Gasteiger charge is -2.36. The van der Waals surface area contributed by atoms with Crippen LogP contribution in [0.2, 0.25) is 0 Å². The van der Waals surface area contributed by atoms with Crippen LogP contribution in [-0.2, 0) is 0 Å². The number of nitrogens with zero attached hydrogens (tertiary/aromatic N) is 3. The van der Waals surface area contributed by atoms with Crippen LogP contribution in [0.1, 0.15) is 24.4 Å². The Balaban J connectivity index is 1.32. The summed E-state index contributed by atoms with van der Waals surface area (Å²) in [6.45, 7) is 5.86. The van der Waals surface area contributed by atoms with E-state index in [9.17, 15) is 4.79 Å². The molecule has 0 spiro atoms. The average molecular weight is 439 g/mol. The molecule has 2 saturated heterocycles. The van der Waals surface area contributed by atoms with Crippen LogP contribution in [0.3, 0.4) is 0 Å². The van der Waals surface area contributed by atoms with Crippen molar-refractivity contribution < 1.29 is 14.3 Å². The summed E-state index contributed by atoms with van der Waals surface area (Å²) in [5.74, 6) is 1.71. The van der Waals surface area contributed by atoms with Crippen molar-refractivity contribution >= 4 is 11.7 Å². The molecule has 0 bridgehead atoms. The van der Waals surface area contributed by atoms with E-state index in [1.807, 2.05) is 29.2 Å². The Hall–Kier alpha value is -2.93. The number of rotatable bonds is 7. The molecule has 2 aliphatic rings. The van der Waals surface area contributed by atoms with E-state index in [0.717, 1.165) is 50.8 Å². The van der Waals surface area contributed by atoms with Crippen LogP contribution in [0.15, 0.2) is 48.5 Å². The maximum Gasteiger partial charge on any atom is 0.317 e. The Kier molecular flexibility index (Phi) is 7.37. The molecule has 0 radical (unpaired) electrons. The minimum absolute atomic E-state index is 0.0251. The molecule has 1 unspecified atom stereocenters. The molecule has 2 heterocycles. The summed E-state index contributed by atoms with van der Waals surface area (Å²) in [6, 6.07) is 16.5. The van der Waals surface area contributed by atoms with Crippen LogP contribution in [0, 0.1) is 0 Å². The van der Waals surface area contributed by atoms with Crippen LogP contribution in [0.5, 0.6) is 11.5 Å². The first kappa shape index (κ1) is 22.3. The fourth-order valence-corrected chi connectivity index (χ4v) is 4.59. The van der Waals surface area contributed by atoms with Gasteiger partial charge in [0.05, 0.1) is 20.3 Å². The van der Waals surface area contributed by atoms with Crippen molar-refractivity contribution in [3.8, 4) is 11.5 Å². The van der Waals surface area contributed by atoms with E-state index in [1.165, 1.54) is 24.1 Å². The number of methoxy groups -OCH3 is 2. The van der Waals surface area contributed by atoms with Crippen molar-refractivity contribution in [2.75, 3.05) is 64.9 Å². The van der Waals surface area contributed by atoms with Crippen molar-refractivity contribution in [3.63, 3.8) is 0 Å². The molecule has 7 heteroatoms. The number of ether oxygens (including phenoxy) is 2. The van der Waals surface area contributed by atoms with Gasteiger partial charge in [0.15, 0.2) is 0 Å². The van der Waals surface area contributed by atoms with E-state index in [4.69, 9.17) is 9.47 Å². The van der Waals surface area contributed by atoms with E-state index >= 15 is 0 Å². The Labute approximate surface area is 190 Å². The van der Waals surface area contributed by atoms with E-state index in [1.54, 1.807) is 14.2 Å². The van der Waals surface area contributed by atoms with Gasteiger partial charge in [0.25, 0.3) is 0 Å². The molecule has 2 amide bonds. The Morgan fingerprint density at radius 1 is 0.844 bits per heavy atom. The first-order valence-corrected chi connectivity index (χ1v) is 11.5. The number of piperazine rings is 1. The Morgan fingerprint density at radius 3 is 1.97 bits per heavy atom. The van der Waals surface area contributed by atoms with E-state index in [-0.39, 0.29) is 12.1 Å². The molecular weight excluding hydrogens is 404 g/mol. The molecule has 0 saturated carbocycles. The van der Waals surface area contributed by atoms with Crippen LogP contribution >= 0.6 is 0 Å². The number of anilines is 1. The van der Waals surface area contributed by atoms with Gasteiger partial charge < -0.3 is 24.6 Å². The number of amides is 2. The van der Waals surface area contributed by atoms with Gasteiger partial charge in [-0.1, -0.05) is 12.1 Å². The normalized spacial score (nSPS) is 17.8. The molecule has 2 aromatic carbocycles. The van der Waals surface area contributed by atoms with Crippen molar-refractivity contribution in [1.82, 2.24) is 15.1 Å². The summed E-state index contributed by atoms with van der Waals surface area (Å²) in [6.07, 6.45) is 2.43. The maximum atomic E-state index is 12.9. The number of carbonyl (C=O) groups excluding carboxylic acids is 1. The molecule has 2 aromatic rings. The quantitative estimate of drug-likeness (QED) is 0.718. The second-order valence-electron chi connectivity index (χ2n) is 8.39. The summed E-state index contributed by atoms with van der Waals surface area (Å²) in [5, 5.41) is 3.21. The predicted octanol–water partition coefficient (Wildman–Crippen LogP) is 3.37. The lowest BCUT2D eigenvalue weighted by Crippen LogP contribution is -2.52. The minimum Gasteiger partial charge on any atom is -0.497 e. The number of hydrogen-bond donors (Lipinski definition) is 1. The third-order valence-electron chi connectivity index (χ3n) is 6.53. The lowest BCUT2D eigenvalue weighted by atomic mass is 10.1. The van der Waals surface area contributed by atoms with Crippen LogP contribution in [0.4, 0.5) is 10.5 Å². The molecular formula is C25H34N4O3. The maximum absolute atomic E-state index is 12.9. The molecule has 0 aromatic heterocycles. The van der Waals surface area contributed by atoms with Crippen molar-refractivity contribution in [1.29, 1.82) is 0 Å². The standard InChI is InChI=1S/C25H34N4O3/c1-31-22-9-5-20(6-10-22)24(28-13-3-4-14-28)19-26-25(30)29-17-15-27(16-18-29)21-7-11-23(32-2)12-8-21/h5-12,24H,3-4,13-19H2,1-2H3,(H,26,30). The minimum atomic E-state index is 0.0251. The fraction of sp³-hybridized carbons (Fsp3) is 0.480. The highest BCUT2D eigenvalue weighted by atomic mass is 16.5. The molecule has 172 valence electrons. The molecule has 0 aliphatic carbocycles. The predicted molar refractivity (Wildman–Crippen MR) is 127 cm³/mol. The van der Waals surface area contributed by atoms with Gasteiger partial charge in [0.1, 0.15) is 11.5 Å². The number of nitrogens with one attached hydrogen (secondary N) is 1. The second-order valence-corrected chi connectivity index (χ2v) is 8.39. The van der Waals surface area contributed by atoms with Gasteiger partial charge in [-0.15, -0.1) is 0 Å². The summed E-state index contributed by atoms with van der Waals surface area (Å²) < 4.78 is 10.5. The molecule has 32 heavy (non-hydrogen) atoms. The summed E-state index contributed by atoms with van der Waals surface area (Å²) in [7, 11) is 3.36. The van der Waals surface area contributed by atoms with Crippen molar-refractivity contribution in [2.24, 2.45) is 0 Å². The van der Waals surface area contributed by atoms with E-state index < -0.39 is 0 Å². The summed E-state index contributed by atoms with van der Waals surface area (Å²) in [4.78, 5) is 19.6. The number of likely N-dealkylation sites (tertiary alicyclic amines) is 1. The zero-order chi connectivity index (χ0) is 22.3. The smallest absolute Gasteiger partial charge is 0.317 e. The van der Waals surface area contributed by atoms with Crippen molar-refractivity contribution in [2.45, 2.75) is 18.9 Å². The topological polar surface area (TPSA) is 57.3 Å². The van der Waals surface area contributed by atoms with Crippen LogP contribution in [0.25, 0.3) is 0 Å². The molecule has 2 fully saturated rings. The Morgan fingerprint density at radius 2 is 1.41 bits per heavy atom. The first-order valence-electron chi connectivity index (χ1n) is 11.5. The molecule has 1 atom stereocenters. The van der Waals surface area contributed by atoms with Gasteiger partial charge >= 0.3 is 6.03 Å². The summed E-state index contributed by atoms with van der Waals surface area (Å²) in [5.41, 5.74) is 2.39. The van der Waals surface area contributed by atoms with Crippen molar-refractivity contribution in [3.05, 3.63) is 54.1 Å². The summed E-state index contributed by atoms with van der Waals surface area (Å²) >= 11 is 0. The second kappa shape index (κ2) is 10.6. The number of hydrogen-bond acceptors (Lipinski definition) is 5. The van der Waals surface area contributed by atoms with Gasteiger partial charge in [0.2, 0.25) is 0 Å². The monoisotopic (exact) mass is 438 g/mol. The zero-order valence-corrected chi connectivity index (χ0v) is 19.1. The highest BCUT2D eigenvalue weighted by Crippen LogP contribution is 2.26. The largest absolute Gasteiger partial charge is 0.497 e. The molecule has 7 nitrogen and oxygen atoms in total. The molecule has 2 aliphatic heterocycles. The third-order valence-corrected chi connectivity index (χ3v) is 6.53. The van der Waals surface area contributed by atoms with E-state index in [2.05, 4.69) is 39.4 Å². The van der Waals surface area contributed by atoms with Gasteiger partial charge in [-0.3, -0.25) is 4.90 Å². The fourth-order valence-electron chi connectivity index (χ4n) is 4.59. The number of benzene rings is 2. The zero-order valence-electron chi connectivity index (χ0n) is 19.1. The molecule has 4 rings (SSSR count). The van der Waals surface area contributed by atoms with Gasteiger partial charge in [-0.05, 0) is 67.9 Å². The third kappa shape index (κ3) is 5.27. The highest BCUT2D eigenvalue weighted by molar-refractivity contribution is 5.74. The van der Waals surface area contributed by atoms with Gasteiger partial charge in [0, 0.05) is 38.4 Å². The average Bonchev–Trinajstić information content (AvgIpc) is 3.39. The van der Waals surface area contributed by atoms with Crippen LogP contribution in [-0.4, -0.2) is 75.9 Å². The highest BCUT2D eigenvalue weighted by Gasteiger charge is 2.26.